The van der Waals surface area contributed by atoms with E-state index in [1.54, 1.807) is 36.1 Å². The quantitative estimate of drug-likeness (QED) is 0.417. The number of rotatable bonds is 6. The van der Waals surface area contributed by atoms with Gasteiger partial charge in [-0.25, -0.2) is 4.98 Å². The van der Waals surface area contributed by atoms with Crippen molar-refractivity contribution in [2.75, 3.05) is 54.6 Å². The topological polar surface area (TPSA) is 95.8 Å². The molecule has 0 aliphatic carbocycles. The van der Waals surface area contributed by atoms with Crippen molar-refractivity contribution in [2.24, 2.45) is 0 Å². The summed E-state index contributed by atoms with van der Waals surface area (Å²) in [7, 11) is 1.52. The van der Waals surface area contributed by atoms with Gasteiger partial charge in [0.2, 0.25) is 5.91 Å². The maximum atomic E-state index is 13.6. The van der Waals surface area contributed by atoms with Gasteiger partial charge in [-0.05, 0) is 42.5 Å². The third kappa shape index (κ3) is 5.73. The summed E-state index contributed by atoms with van der Waals surface area (Å²) in [6, 6.07) is 14.2. The van der Waals surface area contributed by atoms with Crippen molar-refractivity contribution in [2.45, 2.75) is 13.1 Å². The lowest BCUT2D eigenvalue weighted by molar-refractivity contribution is -0.137. The zero-order valence-electron chi connectivity index (χ0n) is 19.9. The molecule has 0 spiro atoms. The number of alkyl halides is 3. The van der Waals surface area contributed by atoms with Crippen molar-refractivity contribution >= 4 is 40.3 Å². The predicted octanol–water partition coefficient (Wildman–Crippen LogP) is 4.85. The van der Waals surface area contributed by atoms with Gasteiger partial charge in [0.05, 0.1) is 18.4 Å². The molecule has 11 heteroatoms. The summed E-state index contributed by atoms with van der Waals surface area (Å²) < 4.78 is 46.4. The smallest absolute Gasteiger partial charge is 0.419 e. The highest BCUT2D eigenvalue weighted by atomic mass is 19.4. The molecule has 190 valence electrons. The van der Waals surface area contributed by atoms with E-state index in [1.807, 2.05) is 12.1 Å². The normalized spacial score (nSPS) is 13.9. The Balaban J connectivity index is 1.57. The average Bonchev–Trinajstić information content (AvgIpc) is 2.84. The van der Waals surface area contributed by atoms with Crippen molar-refractivity contribution in [3.63, 3.8) is 0 Å². The van der Waals surface area contributed by atoms with Gasteiger partial charge in [-0.1, -0.05) is 6.07 Å². The standard InChI is InChI=1S/C25H27F3N6O2/c1-16(35)33-10-12-34(13-11-33)19-6-8-21(22(15-19)36-2)31-23-9-7-20(25(26,27)28)24(32-23)30-18-5-3-4-17(29)14-18/h3-9,14-15H,10-13,29H2,1-2H3,(H2,30,31,32). The van der Waals surface area contributed by atoms with E-state index in [-0.39, 0.29) is 17.5 Å². The molecule has 0 atom stereocenters. The number of anilines is 6. The fraction of sp³-hybridized carbons (Fsp3) is 0.280. The van der Waals surface area contributed by atoms with Crippen LogP contribution in [0.1, 0.15) is 12.5 Å². The molecule has 4 N–H and O–H groups in total. The van der Waals surface area contributed by atoms with E-state index in [9.17, 15) is 18.0 Å². The largest absolute Gasteiger partial charge is 0.494 e. The zero-order valence-corrected chi connectivity index (χ0v) is 19.9. The second kappa shape index (κ2) is 10.2. The second-order valence-corrected chi connectivity index (χ2v) is 8.34. The summed E-state index contributed by atoms with van der Waals surface area (Å²) in [4.78, 5) is 19.7. The Morgan fingerprint density at radius 1 is 1.03 bits per heavy atom. The first-order valence-electron chi connectivity index (χ1n) is 11.3. The lowest BCUT2D eigenvalue weighted by atomic mass is 10.2. The van der Waals surface area contributed by atoms with Crippen LogP contribution < -0.4 is 26.0 Å². The Hall–Kier alpha value is -4.15. The maximum absolute atomic E-state index is 13.6. The van der Waals surface area contributed by atoms with Crippen LogP contribution in [0.5, 0.6) is 5.75 Å². The van der Waals surface area contributed by atoms with Crippen LogP contribution in [0.25, 0.3) is 0 Å². The molecule has 1 amide bonds. The molecule has 8 nitrogen and oxygen atoms in total. The maximum Gasteiger partial charge on any atom is 0.419 e. The van der Waals surface area contributed by atoms with Gasteiger partial charge in [-0.15, -0.1) is 0 Å². The van der Waals surface area contributed by atoms with Crippen LogP contribution in [0.4, 0.5) is 47.6 Å². The van der Waals surface area contributed by atoms with Crippen LogP contribution in [0.15, 0.2) is 54.6 Å². The lowest BCUT2D eigenvalue weighted by Gasteiger charge is -2.35. The number of pyridine rings is 1. The predicted molar refractivity (Wildman–Crippen MR) is 134 cm³/mol. The highest BCUT2D eigenvalue weighted by Gasteiger charge is 2.34. The first-order valence-corrected chi connectivity index (χ1v) is 11.3. The van der Waals surface area contributed by atoms with Crippen LogP contribution in [0.3, 0.4) is 0 Å². The van der Waals surface area contributed by atoms with E-state index in [4.69, 9.17) is 10.5 Å². The zero-order chi connectivity index (χ0) is 25.9. The molecule has 1 saturated heterocycles. The van der Waals surface area contributed by atoms with Crippen LogP contribution in [0.2, 0.25) is 0 Å². The fourth-order valence-electron chi connectivity index (χ4n) is 4.00. The number of ether oxygens (including phenoxy) is 1. The number of benzene rings is 2. The van der Waals surface area contributed by atoms with Crippen molar-refractivity contribution in [1.82, 2.24) is 9.88 Å². The van der Waals surface area contributed by atoms with Gasteiger partial charge in [-0.3, -0.25) is 4.79 Å². The molecule has 4 rings (SSSR count). The third-order valence-corrected chi connectivity index (χ3v) is 5.89. The Kier molecular flexibility index (Phi) is 7.09. The Labute approximate surface area is 206 Å². The number of hydrogen-bond donors (Lipinski definition) is 3. The highest BCUT2D eigenvalue weighted by Crippen LogP contribution is 2.37. The first-order chi connectivity index (χ1) is 17.1. The number of nitrogen functional groups attached to an aromatic ring is 1. The molecular formula is C25H27F3N6O2. The minimum absolute atomic E-state index is 0.0559. The number of aromatic nitrogens is 1. The van der Waals surface area contributed by atoms with E-state index >= 15 is 0 Å². The summed E-state index contributed by atoms with van der Waals surface area (Å²) >= 11 is 0. The van der Waals surface area contributed by atoms with Crippen molar-refractivity contribution in [3.05, 3.63) is 60.2 Å². The molecule has 3 aromatic rings. The number of amides is 1. The highest BCUT2D eigenvalue weighted by molar-refractivity contribution is 5.74. The second-order valence-electron chi connectivity index (χ2n) is 8.34. The van der Waals surface area contributed by atoms with Gasteiger partial charge in [0.15, 0.2) is 0 Å². The summed E-state index contributed by atoms with van der Waals surface area (Å²) in [5, 5.41) is 5.77. The molecular weight excluding hydrogens is 473 g/mol. The van der Waals surface area contributed by atoms with Crippen LogP contribution in [0, 0.1) is 0 Å². The van der Waals surface area contributed by atoms with E-state index < -0.39 is 11.7 Å². The molecule has 36 heavy (non-hydrogen) atoms. The number of carbonyl (C=O) groups excluding carboxylic acids is 1. The molecule has 1 fully saturated rings. The van der Waals surface area contributed by atoms with Gasteiger partial charge in [0.1, 0.15) is 17.4 Å². The molecule has 0 unspecified atom stereocenters. The average molecular weight is 501 g/mol. The summed E-state index contributed by atoms with van der Waals surface area (Å²) in [5.41, 5.74) is 7.12. The van der Waals surface area contributed by atoms with Crippen LogP contribution in [-0.2, 0) is 11.0 Å². The summed E-state index contributed by atoms with van der Waals surface area (Å²) in [5.74, 6) is 0.418. The van der Waals surface area contributed by atoms with Gasteiger partial charge in [0.25, 0.3) is 0 Å². The van der Waals surface area contributed by atoms with Crippen LogP contribution in [-0.4, -0.2) is 49.1 Å². The Morgan fingerprint density at radius 2 is 1.78 bits per heavy atom. The molecule has 1 aliphatic heterocycles. The Morgan fingerprint density at radius 3 is 2.42 bits per heavy atom. The number of hydrogen-bond acceptors (Lipinski definition) is 7. The number of nitrogens with two attached hydrogens (primary N) is 1. The van der Waals surface area contributed by atoms with E-state index in [0.717, 1.165) is 11.8 Å². The van der Waals surface area contributed by atoms with E-state index in [1.165, 1.54) is 19.2 Å². The first kappa shape index (κ1) is 25.0. The SMILES string of the molecule is COc1cc(N2CCN(C(C)=O)CC2)ccc1Nc1ccc(C(F)(F)F)c(Nc2cccc(N)c2)n1. The molecule has 0 radical (unpaired) electrons. The number of carbonyl (C=O) groups is 1. The van der Waals surface area contributed by atoms with Crippen molar-refractivity contribution < 1.29 is 22.7 Å². The molecule has 1 aliphatic rings. The molecule has 0 bridgehead atoms. The summed E-state index contributed by atoms with van der Waals surface area (Å²) in [6.07, 6.45) is -4.60. The third-order valence-electron chi connectivity index (χ3n) is 5.89. The van der Waals surface area contributed by atoms with E-state index in [2.05, 4.69) is 20.5 Å². The monoisotopic (exact) mass is 500 g/mol. The lowest BCUT2D eigenvalue weighted by Crippen LogP contribution is -2.48. The number of methoxy groups -OCH3 is 1. The molecule has 0 saturated carbocycles. The van der Waals surface area contributed by atoms with Crippen molar-refractivity contribution in [3.8, 4) is 5.75 Å². The number of nitrogens with zero attached hydrogens (tertiary/aromatic N) is 3. The summed E-state index contributed by atoms with van der Waals surface area (Å²) in [6.45, 7) is 4.21. The molecule has 2 aromatic carbocycles. The van der Waals surface area contributed by atoms with Gasteiger partial charge in [0, 0.05) is 56.2 Å². The number of halogens is 3. The van der Waals surface area contributed by atoms with Gasteiger partial charge >= 0.3 is 6.18 Å². The minimum Gasteiger partial charge on any atom is -0.494 e. The minimum atomic E-state index is -4.60. The number of piperazine rings is 1. The molecule has 2 heterocycles. The van der Waals surface area contributed by atoms with Crippen LogP contribution >= 0.6 is 0 Å². The molecule has 1 aromatic heterocycles. The fourth-order valence-corrected chi connectivity index (χ4v) is 4.00. The number of nitrogens with one attached hydrogen (secondary N) is 2. The Bertz CT molecular complexity index is 1240. The van der Waals surface area contributed by atoms with Crippen molar-refractivity contribution in [1.29, 1.82) is 0 Å². The van der Waals surface area contributed by atoms with E-state index in [0.29, 0.717) is 49.0 Å². The van der Waals surface area contributed by atoms with Gasteiger partial charge < -0.3 is 30.9 Å². The van der Waals surface area contributed by atoms with Gasteiger partial charge in [-0.2, -0.15) is 13.2 Å².